The summed E-state index contributed by atoms with van der Waals surface area (Å²) in [4.78, 5) is 9.33. The first-order chi connectivity index (χ1) is 9.74. The van der Waals surface area contributed by atoms with Crippen molar-refractivity contribution in [2.45, 2.75) is 6.54 Å². The Bertz CT molecular complexity index is 552. The van der Waals surface area contributed by atoms with Crippen LogP contribution in [0.4, 0.5) is 16.2 Å². The van der Waals surface area contributed by atoms with Gasteiger partial charge in [0.2, 0.25) is 5.95 Å². The van der Waals surface area contributed by atoms with Crippen LogP contribution >= 0.6 is 0 Å². The number of aromatic nitrogens is 2. The predicted molar refractivity (Wildman–Crippen MR) is 74.4 cm³/mol. The van der Waals surface area contributed by atoms with Crippen molar-refractivity contribution in [1.29, 1.82) is 0 Å². The summed E-state index contributed by atoms with van der Waals surface area (Å²) in [6.07, 6.45) is 1.05. The Hall–Kier alpha value is -2.25. The van der Waals surface area contributed by atoms with E-state index in [0.29, 0.717) is 6.54 Å². The highest BCUT2D eigenvalue weighted by molar-refractivity contribution is 5.44. The van der Waals surface area contributed by atoms with E-state index in [1.807, 2.05) is 30.3 Å². The molecule has 0 radical (unpaired) electrons. The summed E-state index contributed by atoms with van der Waals surface area (Å²) in [6.45, 7) is 0.577. The summed E-state index contributed by atoms with van der Waals surface area (Å²) in [6, 6.07) is 9.55. The van der Waals surface area contributed by atoms with Gasteiger partial charge in [-0.2, -0.15) is 4.98 Å². The molecule has 2 aromatic rings. The molecule has 0 saturated heterocycles. The number of hydrogen-bond acceptors (Lipinski definition) is 6. The molecule has 0 aliphatic carbocycles. The lowest BCUT2D eigenvalue weighted by atomic mass is 10.2. The number of benzene rings is 1. The van der Waals surface area contributed by atoms with Crippen molar-refractivity contribution >= 4 is 11.8 Å². The monoisotopic (exact) mass is 277 g/mol. The number of nitrogens with two attached hydrogens (primary N) is 1. The summed E-state index contributed by atoms with van der Waals surface area (Å²) in [5.74, 6) is 4.89. The van der Waals surface area contributed by atoms with Gasteiger partial charge in [-0.05, 0) is 5.56 Å². The highest BCUT2D eigenvalue weighted by Crippen LogP contribution is 2.19. The van der Waals surface area contributed by atoms with Gasteiger partial charge in [-0.15, -0.1) is 0 Å². The quantitative estimate of drug-likeness (QED) is 0.537. The molecule has 0 bridgehead atoms. The molecule has 106 valence electrons. The van der Waals surface area contributed by atoms with Crippen LogP contribution in [0.3, 0.4) is 0 Å². The van der Waals surface area contributed by atoms with Crippen LogP contribution in [0.15, 0.2) is 36.5 Å². The van der Waals surface area contributed by atoms with Gasteiger partial charge in [-0.1, -0.05) is 30.3 Å². The van der Waals surface area contributed by atoms with E-state index in [0.717, 1.165) is 11.8 Å². The Morgan fingerprint density at radius 2 is 2.05 bits per heavy atom. The number of nitrogens with zero attached hydrogens (tertiary/aromatic N) is 3. The molecule has 2 rings (SSSR count). The van der Waals surface area contributed by atoms with Crippen molar-refractivity contribution in [2.24, 2.45) is 5.84 Å². The fourth-order valence-electron chi connectivity index (χ4n) is 1.83. The van der Waals surface area contributed by atoms with E-state index in [2.05, 4.69) is 15.4 Å². The zero-order chi connectivity index (χ0) is 14.4. The molecule has 0 saturated carbocycles. The highest BCUT2D eigenvalue weighted by Gasteiger charge is 2.15. The van der Waals surface area contributed by atoms with Gasteiger partial charge in [0.1, 0.15) is 0 Å². The predicted octanol–water partition coefficient (Wildman–Crippen LogP) is 0.900. The summed E-state index contributed by atoms with van der Waals surface area (Å²) in [5, 5.41) is 9.15. The Morgan fingerprint density at radius 3 is 2.70 bits per heavy atom. The number of nitrogen functional groups attached to an aromatic ring is 1. The maximum Gasteiger partial charge on any atom is 0.239 e. The number of nitrogens with one attached hydrogen (secondary N) is 1. The lowest BCUT2D eigenvalue weighted by Gasteiger charge is -2.23. The maximum atomic E-state index is 13.9. The minimum atomic E-state index is -0.562. The van der Waals surface area contributed by atoms with Crippen molar-refractivity contribution in [3.05, 3.63) is 47.9 Å². The van der Waals surface area contributed by atoms with Crippen LogP contribution in [0.5, 0.6) is 0 Å². The summed E-state index contributed by atoms with van der Waals surface area (Å²) >= 11 is 0. The van der Waals surface area contributed by atoms with Gasteiger partial charge in [-0.25, -0.2) is 15.2 Å². The zero-order valence-corrected chi connectivity index (χ0v) is 10.8. The number of hydrogen-bond donors (Lipinski definition) is 3. The molecule has 0 amide bonds. The average molecular weight is 277 g/mol. The van der Waals surface area contributed by atoms with Crippen molar-refractivity contribution in [3.63, 3.8) is 0 Å². The fraction of sp³-hybridized carbons (Fsp3) is 0.231. The number of rotatable bonds is 6. The van der Waals surface area contributed by atoms with Gasteiger partial charge in [-0.3, -0.25) is 5.43 Å². The Balaban J connectivity index is 2.28. The molecule has 0 fully saturated rings. The van der Waals surface area contributed by atoms with Crippen LogP contribution in [0.2, 0.25) is 0 Å². The molecule has 0 aliphatic heterocycles. The Morgan fingerprint density at radius 1 is 1.30 bits per heavy atom. The molecule has 1 aromatic heterocycles. The standard InChI is InChI=1S/C13H16FN5O/c14-11-8-16-13(18-15)17-12(11)19(6-7-20)9-10-4-2-1-3-5-10/h1-5,8,20H,6-7,9,15H2,(H,16,17,18). The lowest BCUT2D eigenvalue weighted by Crippen LogP contribution is -2.28. The van der Waals surface area contributed by atoms with Crippen LogP contribution in [-0.4, -0.2) is 28.2 Å². The average Bonchev–Trinajstić information content (AvgIpc) is 2.48. The van der Waals surface area contributed by atoms with Gasteiger partial charge in [0.05, 0.1) is 12.8 Å². The Labute approximate surface area is 116 Å². The fourth-order valence-corrected chi connectivity index (χ4v) is 1.83. The van der Waals surface area contributed by atoms with Crippen LogP contribution < -0.4 is 16.2 Å². The molecule has 0 atom stereocenters. The van der Waals surface area contributed by atoms with Gasteiger partial charge in [0.15, 0.2) is 11.6 Å². The van der Waals surface area contributed by atoms with E-state index >= 15 is 0 Å². The van der Waals surface area contributed by atoms with Crippen LogP contribution in [0, 0.1) is 5.82 Å². The van der Waals surface area contributed by atoms with Gasteiger partial charge in [0.25, 0.3) is 0 Å². The topological polar surface area (TPSA) is 87.3 Å². The second-order valence-electron chi connectivity index (χ2n) is 4.14. The summed E-state index contributed by atoms with van der Waals surface area (Å²) in [7, 11) is 0. The molecule has 0 unspecified atom stereocenters. The lowest BCUT2D eigenvalue weighted by molar-refractivity contribution is 0.300. The minimum Gasteiger partial charge on any atom is -0.395 e. The first kappa shape index (κ1) is 14.2. The number of aliphatic hydroxyl groups is 1. The first-order valence-electron chi connectivity index (χ1n) is 6.13. The molecule has 7 heteroatoms. The molecule has 1 heterocycles. The normalized spacial score (nSPS) is 10.3. The molecule has 0 aliphatic rings. The van der Waals surface area contributed by atoms with Crippen molar-refractivity contribution in [2.75, 3.05) is 23.5 Å². The van der Waals surface area contributed by atoms with Crippen molar-refractivity contribution in [1.82, 2.24) is 9.97 Å². The third-order valence-corrected chi connectivity index (χ3v) is 2.74. The molecule has 20 heavy (non-hydrogen) atoms. The van der Waals surface area contributed by atoms with E-state index in [1.54, 1.807) is 4.90 Å². The number of anilines is 2. The number of halogens is 1. The summed E-state index contributed by atoms with van der Waals surface area (Å²) in [5.41, 5.74) is 3.26. The first-order valence-corrected chi connectivity index (χ1v) is 6.13. The van der Waals surface area contributed by atoms with E-state index in [1.165, 1.54) is 0 Å². The van der Waals surface area contributed by atoms with E-state index in [-0.39, 0.29) is 24.9 Å². The number of aliphatic hydroxyl groups excluding tert-OH is 1. The highest BCUT2D eigenvalue weighted by atomic mass is 19.1. The third-order valence-electron chi connectivity index (χ3n) is 2.74. The molecule has 1 aromatic carbocycles. The SMILES string of the molecule is NNc1ncc(F)c(N(CCO)Cc2ccccc2)n1. The largest absolute Gasteiger partial charge is 0.395 e. The third kappa shape index (κ3) is 3.40. The van der Waals surface area contributed by atoms with E-state index in [4.69, 9.17) is 10.9 Å². The van der Waals surface area contributed by atoms with Gasteiger partial charge in [0, 0.05) is 13.1 Å². The molecule has 4 N–H and O–H groups in total. The second kappa shape index (κ2) is 6.78. The van der Waals surface area contributed by atoms with E-state index < -0.39 is 5.82 Å². The molecule has 0 spiro atoms. The second-order valence-corrected chi connectivity index (χ2v) is 4.14. The van der Waals surface area contributed by atoms with Crippen molar-refractivity contribution in [3.8, 4) is 0 Å². The minimum absolute atomic E-state index is 0.103. The van der Waals surface area contributed by atoms with Crippen molar-refractivity contribution < 1.29 is 9.50 Å². The van der Waals surface area contributed by atoms with Crippen LogP contribution in [-0.2, 0) is 6.54 Å². The Kier molecular flexibility index (Phi) is 4.80. The molecular weight excluding hydrogens is 261 g/mol. The smallest absolute Gasteiger partial charge is 0.239 e. The molecule has 6 nitrogen and oxygen atoms in total. The van der Waals surface area contributed by atoms with Crippen LogP contribution in [0.25, 0.3) is 0 Å². The van der Waals surface area contributed by atoms with E-state index in [9.17, 15) is 4.39 Å². The summed E-state index contributed by atoms with van der Waals surface area (Å²) < 4.78 is 13.9. The van der Waals surface area contributed by atoms with Gasteiger partial charge >= 0.3 is 0 Å². The zero-order valence-electron chi connectivity index (χ0n) is 10.8. The molecular formula is C13H16FN5O. The van der Waals surface area contributed by atoms with Gasteiger partial charge < -0.3 is 10.0 Å². The number of hydrazine groups is 1. The van der Waals surface area contributed by atoms with Crippen LogP contribution in [0.1, 0.15) is 5.56 Å². The maximum absolute atomic E-state index is 13.9.